The number of fused-ring (bicyclic) bond motifs is 1. The third kappa shape index (κ3) is 5.92. The average Bonchev–Trinajstić information content (AvgIpc) is 2.88. The van der Waals surface area contributed by atoms with Crippen LogP contribution in [0.2, 0.25) is 0 Å². The number of rotatable bonds is 9. The summed E-state index contributed by atoms with van der Waals surface area (Å²) in [5.41, 5.74) is 10.4. The molecule has 2 aliphatic rings. The molecule has 2 heterocycles. The van der Waals surface area contributed by atoms with E-state index < -0.39 is 36.9 Å². The van der Waals surface area contributed by atoms with Gasteiger partial charge in [-0.2, -0.15) is 0 Å². The highest BCUT2D eigenvalue weighted by atomic mass is 16.7. The van der Waals surface area contributed by atoms with Crippen LogP contribution in [0.1, 0.15) is 23.8 Å². The van der Waals surface area contributed by atoms with Gasteiger partial charge >= 0.3 is 0 Å². The molecule has 4 rings (SSSR count). The summed E-state index contributed by atoms with van der Waals surface area (Å²) in [6.07, 6.45) is -2.87. The quantitative estimate of drug-likeness (QED) is 0.342. The molecule has 1 N–H and O–H groups in total. The molecule has 0 aromatic heterocycles. The molecule has 0 bridgehead atoms. The molecule has 1 amide bonds. The minimum Gasteiger partial charge on any atom is -0.368 e. The van der Waals surface area contributed by atoms with Crippen molar-refractivity contribution in [3.8, 4) is 0 Å². The molecular formula is C24H28N4O6. The first kappa shape index (κ1) is 24.2. The number of ether oxygens (including phenoxy) is 5. The van der Waals surface area contributed by atoms with Gasteiger partial charge in [0.2, 0.25) is 5.91 Å². The second-order valence-electron chi connectivity index (χ2n) is 8.01. The Morgan fingerprint density at radius 2 is 1.88 bits per heavy atom. The number of methoxy groups -OCH3 is 1. The Morgan fingerprint density at radius 1 is 1.15 bits per heavy atom. The Bertz CT molecular complexity index is 972. The van der Waals surface area contributed by atoms with Crippen molar-refractivity contribution >= 4 is 5.91 Å². The van der Waals surface area contributed by atoms with E-state index in [1.807, 2.05) is 60.7 Å². The van der Waals surface area contributed by atoms with Crippen molar-refractivity contribution in [2.45, 2.75) is 50.0 Å². The van der Waals surface area contributed by atoms with E-state index in [1.54, 1.807) is 0 Å². The second kappa shape index (κ2) is 11.9. The Kier molecular flexibility index (Phi) is 8.48. The van der Waals surface area contributed by atoms with Crippen molar-refractivity contribution in [2.24, 2.45) is 5.11 Å². The lowest BCUT2D eigenvalue weighted by molar-refractivity contribution is -0.346. The second-order valence-corrected chi connectivity index (χ2v) is 8.01. The normalized spacial score (nSPS) is 28.4. The number of carbonyl (C=O) groups is 1. The molecule has 6 atom stereocenters. The van der Waals surface area contributed by atoms with E-state index in [1.165, 1.54) is 7.11 Å². The molecule has 2 fully saturated rings. The highest BCUT2D eigenvalue weighted by Gasteiger charge is 2.51. The summed E-state index contributed by atoms with van der Waals surface area (Å²) in [6, 6.07) is 18.7. The van der Waals surface area contributed by atoms with Gasteiger partial charge in [0.05, 0.1) is 13.2 Å². The maximum atomic E-state index is 12.6. The summed E-state index contributed by atoms with van der Waals surface area (Å²) in [5.74, 6) is -0.304. The minimum absolute atomic E-state index is 0.0348. The predicted octanol–water partition coefficient (Wildman–Crippen LogP) is 3.24. The van der Waals surface area contributed by atoms with Crippen molar-refractivity contribution in [1.82, 2.24) is 5.32 Å². The largest absolute Gasteiger partial charge is 0.368 e. The molecule has 2 aliphatic heterocycles. The SMILES string of the molecule is CO[C@H]1O[C@@H]2COC(c3ccccc3)O[C@H]2[C@H](OCc2ccccc2)[C@@H]1NC(=O)CCN=[N+]=[N-]. The third-order valence-corrected chi connectivity index (χ3v) is 5.76. The van der Waals surface area contributed by atoms with Gasteiger partial charge in [-0.05, 0) is 11.1 Å². The number of amides is 1. The van der Waals surface area contributed by atoms with Gasteiger partial charge in [-0.1, -0.05) is 65.8 Å². The zero-order valence-corrected chi connectivity index (χ0v) is 18.9. The summed E-state index contributed by atoms with van der Waals surface area (Å²) in [4.78, 5) is 15.3. The fraction of sp³-hybridized carbons (Fsp3) is 0.458. The van der Waals surface area contributed by atoms with Gasteiger partial charge in [0.25, 0.3) is 0 Å². The Labute approximate surface area is 197 Å². The van der Waals surface area contributed by atoms with E-state index in [0.29, 0.717) is 6.61 Å². The van der Waals surface area contributed by atoms with E-state index in [4.69, 9.17) is 29.2 Å². The van der Waals surface area contributed by atoms with Crippen LogP contribution in [-0.4, -0.2) is 56.8 Å². The number of hydrogen-bond donors (Lipinski definition) is 1. The Balaban J connectivity index is 1.56. The lowest BCUT2D eigenvalue weighted by Crippen LogP contribution is -2.67. The summed E-state index contributed by atoms with van der Waals surface area (Å²) in [7, 11) is 1.51. The van der Waals surface area contributed by atoms with Crippen LogP contribution >= 0.6 is 0 Å². The van der Waals surface area contributed by atoms with Gasteiger partial charge in [-0.3, -0.25) is 4.79 Å². The van der Waals surface area contributed by atoms with E-state index in [0.717, 1.165) is 11.1 Å². The smallest absolute Gasteiger partial charge is 0.220 e. The van der Waals surface area contributed by atoms with Crippen LogP contribution in [0.3, 0.4) is 0 Å². The molecule has 10 heteroatoms. The molecule has 0 spiro atoms. The summed E-state index contributed by atoms with van der Waals surface area (Å²) < 4.78 is 30.3. The number of azide groups is 1. The van der Waals surface area contributed by atoms with Crippen molar-refractivity contribution < 1.29 is 28.5 Å². The Hall–Kier alpha value is -2.98. The van der Waals surface area contributed by atoms with Gasteiger partial charge in [-0.15, -0.1) is 0 Å². The van der Waals surface area contributed by atoms with Crippen molar-refractivity contribution in [3.63, 3.8) is 0 Å². The zero-order chi connectivity index (χ0) is 23.8. The topological polar surface area (TPSA) is 124 Å². The number of nitrogens with zero attached hydrogens (tertiary/aromatic N) is 3. The molecular weight excluding hydrogens is 440 g/mol. The van der Waals surface area contributed by atoms with Crippen molar-refractivity contribution in [1.29, 1.82) is 0 Å². The monoisotopic (exact) mass is 468 g/mol. The summed E-state index contributed by atoms with van der Waals surface area (Å²) >= 11 is 0. The van der Waals surface area contributed by atoms with Crippen molar-refractivity contribution in [2.75, 3.05) is 20.3 Å². The fourth-order valence-corrected chi connectivity index (χ4v) is 4.13. The first-order chi connectivity index (χ1) is 16.7. The molecule has 0 saturated carbocycles. The lowest BCUT2D eigenvalue weighted by Gasteiger charge is -2.49. The van der Waals surface area contributed by atoms with E-state index in [-0.39, 0.29) is 25.5 Å². The summed E-state index contributed by atoms with van der Waals surface area (Å²) in [6.45, 7) is 0.652. The Morgan fingerprint density at radius 3 is 2.59 bits per heavy atom. The van der Waals surface area contributed by atoms with Crippen LogP contribution in [-0.2, 0) is 35.1 Å². The van der Waals surface area contributed by atoms with Crippen LogP contribution in [0.4, 0.5) is 0 Å². The van der Waals surface area contributed by atoms with Crippen LogP contribution in [0.5, 0.6) is 0 Å². The van der Waals surface area contributed by atoms with E-state index >= 15 is 0 Å². The molecule has 34 heavy (non-hydrogen) atoms. The molecule has 0 aliphatic carbocycles. The van der Waals surface area contributed by atoms with Crippen LogP contribution in [0.15, 0.2) is 65.8 Å². The predicted molar refractivity (Wildman–Crippen MR) is 121 cm³/mol. The molecule has 2 saturated heterocycles. The number of benzene rings is 2. The highest BCUT2D eigenvalue weighted by molar-refractivity contribution is 5.76. The first-order valence-electron chi connectivity index (χ1n) is 11.2. The van der Waals surface area contributed by atoms with Gasteiger partial charge in [0.15, 0.2) is 12.6 Å². The third-order valence-electron chi connectivity index (χ3n) is 5.76. The molecule has 10 nitrogen and oxygen atoms in total. The average molecular weight is 469 g/mol. The molecule has 2 aromatic rings. The number of hydrogen-bond acceptors (Lipinski definition) is 7. The van der Waals surface area contributed by atoms with Gasteiger partial charge < -0.3 is 29.0 Å². The minimum atomic E-state index is -0.772. The number of nitrogens with one attached hydrogen (secondary N) is 1. The summed E-state index contributed by atoms with van der Waals surface area (Å²) in [5, 5.41) is 6.37. The molecule has 2 aromatic carbocycles. The fourth-order valence-electron chi connectivity index (χ4n) is 4.13. The van der Waals surface area contributed by atoms with Crippen LogP contribution in [0.25, 0.3) is 10.4 Å². The van der Waals surface area contributed by atoms with Crippen LogP contribution < -0.4 is 5.32 Å². The van der Waals surface area contributed by atoms with E-state index in [9.17, 15) is 4.79 Å². The van der Waals surface area contributed by atoms with Gasteiger partial charge in [-0.25, -0.2) is 0 Å². The first-order valence-corrected chi connectivity index (χ1v) is 11.2. The van der Waals surface area contributed by atoms with E-state index in [2.05, 4.69) is 15.3 Å². The number of carbonyl (C=O) groups excluding carboxylic acids is 1. The zero-order valence-electron chi connectivity index (χ0n) is 18.9. The highest BCUT2D eigenvalue weighted by Crippen LogP contribution is 2.35. The maximum absolute atomic E-state index is 12.6. The van der Waals surface area contributed by atoms with Gasteiger partial charge in [0.1, 0.15) is 24.4 Å². The van der Waals surface area contributed by atoms with Crippen molar-refractivity contribution in [3.05, 3.63) is 82.2 Å². The lowest BCUT2D eigenvalue weighted by atomic mass is 9.95. The standard InChI is InChI=1S/C24H28N4O6/c1-30-24-20(27-19(29)12-13-26-28-25)22(31-14-16-8-4-2-5-9-16)21-18(33-24)15-32-23(34-21)17-10-6-3-7-11-17/h2-11,18,20-24H,12-15H2,1H3,(H,27,29)/t18-,20+,21-,22-,23?,24+/m1/s1. The van der Waals surface area contributed by atoms with Gasteiger partial charge in [0, 0.05) is 30.6 Å². The maximum Gasteiger partial charge on any atom is 0.220 e. The molecule has 180 valence electrons. The molecule has 1 unspecified atom stereocenters. The van der Waals surface area contributed by atoms with Crippen LogP contribution in [0, 0.1) is 0 Å². The molecule has 0 radical (unpaired) electrons.